The van der Waals surface area contributed by atoms with Crippen LogP contribution in [0.2, 0.25) is 0 Å². The molecule has 0 radical (unpaired) electrons. The molecule has 0 saturated carbocycles. The fourth-order valence-corrected chi connectivity index (χ4v) is 1.77. The summed E-state index contributed by atoms with van der Waals surface area (Å²) in [6.07, 6.45) is 2.72. The quantitative estimate of drug-likeness (QED) is 0.618. The molecule has 110 valence electrons. The van der Waals surface area contributed by atoms with E-state index in [1.165, 1.54) is 6.07 Å². The summed E-state index contributed by atoms with van der Waals surface area (Å²) in [4.78, 5) is 26.2. The number of aromatic nitrogens is 3. The Morgan fingerprint density at radius 3 is 2.86 bits per heavy atom. The third-order valence-corrected chi connectivity index (χ3v) is 2.92. The molecule has 0 bridgehead atoms. The van der Waals surface area contributed by atoms with Gasteiger partial charge in [-0.15, -0.1) is 0 Å². The van der Waals surface area contributed by atoms with Crippen LogP contribution in [-0.2, 0) is 13.6 Å². The first kappa shape index (κ1) is 14.4. The number of hydrogen-bond donors (Lipinski definition) is 2. The number of rotatable bonds is 5. The number of nitrogens with one attached hydrogen (secondary N) is 2. The Balaban J connectivity index is 2.19. The van der Waals surface area contributed by atoms with Gasteiger partial charge in [-0.25, -0.2) is 4.98 Å². The van der Waals surface area contributed by atoms with Crippen LogP contribution in [0.25, 0.3) is 0 Å². The van der Waals surface area contributed by atoms with Gasteiger partial charge in [0.15, 0.2) is 0 Å². The van der Waals surface area contributed by atoms with Gasteiger partial charge in [0.05, 0.1) is 22.7 Å². The van der Waals surface area contributed by atoms with Gasteiger partial charge in [-0.2, -0.15) is 5.10 Å². The minimum Gasteiger partial charge on any atom is -0.372 e. The largest absolute Gasteiger partial charge is 0.372 e. The summed E-state index contributed by atoms with van der Waals surface area (Å²) in [7, 11) is 3.35. The highest BCUT2D eigenvalue weighted by Crippen LogP contribution is 2.18. The number of nitro groups is 1. The topological polar surface area (TPSA) is 115 Å². The number of aryl methyl sites for hydroxylation is 1. The lowest BCUT2D eigenvalue weighted by atomic mass is 10.2. The summed E-state index contributed by atoms with van der Waals surface area (Å²) >= 11 is 0. The summed E-state index contributed by atoms with van der Waals surface area (Å²) in [5, 5.41) is 20.2. The zero-order valence-electron chi connectivity index (χ0n) is 11.5. The molecule has 9 heteroatoms. The first-order valence-corrected chi connectivity index (χ1v) is 6.10. The molecule has 2 rings (SSSR count). The summed E-state index contributed by atoms with van der Waals surface area (Å²) in [6.45, 7) is 0.265. The molecule has 0 atom stereocenters. The van der Waals surface area contributed by atoms with Gasteiger partial charge in [-0.05, 0) is 6.07 Å². The molecule has 1 amide bonds. The number of hydrogen-bond acceptors (Lipinski definition) is 6. The van der Waals surface area contributed by atoms with Crippen LogP contribution in [0.4, 0.5) is 11.5 Å². The molecule has 21 heavy (non-hydrogen) atoms. The van der Waals surface area contributed by atoms with Crippen LogP contribution in [0.3, 0.4) is 0 Å². The van der Waals surface area contributed by atoms with Crippen LogP contribution in [0.15, 0.2) is 24.5 Å². The van der Waals surface area contributed by atoms with Crippen molar-refractivity contribution in [2.24, 2.45) is 7.05 Å². The first-order valence-electron chi connectivity index (χ1n) is 6.10. The van der Waals surface area contributed by atoms with Gasteiger partial charge >= 0.3 is 0 Å². The van der Waals surface area contributed by atoms with Crippen LogP contribution < -0.4 is 10.6 Å². The number of amides is 1. The highest BCUT2D eigenvalue weighted by molar-refractivity contribution is 5.99. The van der Waals surface area contributed by atoms with Crippen molar-refractivity contribution in [3.63, 3.8) is 0 Å². The molecule has 2 aromatic rings. The lowest BCUT2D eigenvalue weighted by molar-refractivity contribution is -0.385. The molecule has 0 saturated heterocycles. The molecule has 0 aliphatic carbocycles. The fraction of sp³-hybridized carbons (Fsp3) is 0.250. The molecular weight excluding hydrogens is 276 g/mol. The Morgan fingerprint density at radius 2 is 2.29 bits per heavy atom. The van der Waals surface area contributed by atoms with E-state index >= 15 is 0 Å². The number of carbonyl (C=O) groups excluding carboxylic acids is 1. The predicted molar refractivity (Wildman–Crippen MR) is 74.8 cm³/mol. The molecule has 9 nitrogen and oxygen atoms in total. The molecule has 0 aliphatic rings. The maximum Gasteiger partial charge on any atom is 0.288 e. The molecule has 2 aromatic heterocycles. The zero-order valence-corrected chi connectivity index (χ0v) is 11.5. The lowest BCUT2D eigenvalue weighted by Crippen LogP contribution is -2.25. The zero-order chi connectivity index (χ0) is 15.4. The first-order chi connectivity index (χ1) is 10.0. The molecule has 2 N–H and O–H groups in total. The van der Waals surface area contributed by atoms with Crippen LogP contribution in [0.5, 0.6) is 0 Å². The van der Waals surface area contributed by atoms with Gasteiger partial charge in [0.2, 0.25) is 0 Å². The number of nitrogens with zero attached hydrogens (tertiary/aromatic N) is 4. The SMILES string of the molecule is CNc1ncc([N+](=O)[O-])cc1C(=O)NCc1ccnn1C. The van der Waals surface area contributed by atoms with Crippen molar-refractivity contribution < 1.29 is 9.72 Å². The summed E-state index contributed by atoms with van der Waals surface area (Å²) in [5.74, 6) is -0.167. The van der Waals surface area contributed by atoms with Gasteiger partial charge in [-0.1, -0.05) is 0 Å². The Kier molecular flexibility index (Phi) is 4.12. The highest BCUT2D eigenvalue weighted by atomic mass is 16.6. The van der Waals surface area contributed by atoms with Crippen LogP contribution in [-0.4, -0.2) is 32.6 Å². The van der Waals surface area contributed by atoms with E-state index in [9.17, 15) is 14.9 Å². The van der Waals surface area contributed by atoms with Crippen molar-refractivity contribution in [2.45, 2.75) is 6.54 Å². The van der Waals surface area contributed by atoms with Gasteiger partial charge in [0.25, 0.3) is 11.6 Å². The van der Waals surface area contributed by atoms with E-state index < -0.39 is 10.8 Å². The minimum atomic E-state index is -0.593. The van der Waals surface area contributed by atoms with E-state index in [1.807, 2.05) is 0 Å². The molecule has 0 spiro atoms. The van der Waals surface area contributed by atoms with E-state index in [-0.39, 0.29) is 23.6 Å². The fourth-order valence-electron chi connectivity index (χ4n) is 1.77. The Bertz CT molecular complexity index is 681. The van der Waals surface area contributed by atoms with E-state index in [4.69, 9.17) is 0 Å². The molecular formula is C12H14N6O3. The van der Waals surface area contributed by atoms with Crippen molar-refractivity contribution >= 4 is 17.4 Å². The van der Waals surface area contributed by atoms with E-state index in [0.29, 0.717) is 0 Å². The van der Waals surface area contributed by atoms with Crippen molar-refractivity contribution in [3.8, 4) is 0 Å². The van der Waals surface area contributed by atoms with Gasteiger partial charge in [0.1, 0.15) is 12.0 Å². The van der Waals surface area contributed by atoms with Crippen molar-refractivity contribution in [1.82, 2.24) is 20.1 Å². The number of pyridine rings is 1. The maximum absolute atomic E-state index is 12.2. The number of carbonyl (C=O) groups is 1. The van der Waals surface area contributed by atoms with Crippen LogP contribution in [0.1, 0.15) is 16.1 Å². The Labute approximate surface area is 120 Å². The molecule has 0 fully saturated rings. The Hall–Kier alpha value is -2.97. The standard InChI is InChI=1S/C12H14N6O3/c1-13-11-10(5-9(7-14-11)18(20)21)12(19)15-6-8-3-4-16-17(8)2/h3-5,7H,6H2,1-2H3,(H,13,14)(H,15,19). The normalized spacial score (nSPS) is 10.2. The van der Waals surface area contributed by atoms with Crippen molar-refractivity contribution in [1.29, 1.82) is 0 Å². The lowest BCUT2D eigenvalue weighted by Gasteiger charge is -2.09. The minimum absolute atomic E-state index is 0.119. The summed E-state index contributed by atoms with van der Waals surface area (Å²) in [5.41, 5.74) is 0.696. The summed E-state index contributed by atoms with van der Waals surface area (Å²) < 4.78 is 1.63. The highest BCUT2D eigenvalue weighted by Gasteiger charge is 2.17. The van der Waals surface area contributed by atoms with Gasteiger partial charge in [-0.3, -0.25) is 19.6 Å². The second-order valence-corrected chi connectivity index (χ2v) is 4.23. The number of anilines is 1. The average molecular weight is 290 g/mol. The monoisotopic (exact) mass is 290 g/mol. The predicted octanol–water partition coefficient (Wildman–Crippen LogP) is 0.695. The van der Waals surface area contributed by atoms with Gasteiger partial charge < -0.3 is 10.6 Å². The van der Waals surface area contributed by atoms with Crippen molar-refractivity contribution in [2.75, 3.05) is 12.4 Å². The third kappa shape index (κ3) is 3.14. The maximum atomic E-state index is 12.2. The molecule has 0 aromatic carbocycles. The molecule has 0 unspecified atom stereocenters. The third-order valence-electron chi connectivity index (χ3n) is 2.92. The second-order valence-electron chi connectivity index (χ2n) is 4.23. The average Bonchev–Trinajstić information content (AvgIpc) is 2.89. The second kappa shape index (κ2) is 5.99. The van der Waals surface area contributed by atoms with E-state index in [0.717, 1.165) is 11.9 Å². The van der Waals surface area contributed by atoms with Gasteiger partial charge in [0, 0.05) is 26.4 Å². The van der Waals surface area contributed by atoms with Crippen LogP contribution >= 0.6 is 0 Å². The smallest absolute Gasteiger partial charge is 0.288 e. The molecule has 2 heterocycles. The summed E-state index contributed by atoms with van der Waals surface area (Å²) in [6, 6.07) is 2.96. The molecule has 0 aliphatic heterocycles. The Morgan fingerprint density at radius 1 is 1.52 bits per heavy atom. The van der Waals surface area contributed by atoms with Crippen molar-refractivity contribution in [3.05, 3.63) is 45.9 Å². The van der Waals surface area contributed by atoms with Crippen LogP contribution in [0, 0.1) is 10.1 Å². The van der Waals surface area contributed by atoms with E-state index in [2.05, 4.69) is 20.7 Å². The van der Waals surface area contributed by atoms with E-state index in [1.54, 1.807) is 31.0 Å².